The summed E-state index contributed by atoms with van der Waals surface area (Å²) in [4.78, 5) is 0. The number of halogens is 1. The molecule has 0 aliphatic heterocycles. The molecule has 3 rings (SSSR count). The third-order valence-electron chi connectivity index (χ3n) is 4.79. The highest BCUT2D eigenvalue weighted by Crippen LogP contribution is 2.46. The van der Waals surface area contributed by atoms with Crippen LogP contribution in [0.2, 0.25) is 5.02 Å². The fourth-order valence-corrected chi connectivity index (χ4v) is 3.53. The van der Waals surface area contributed by atoms with Crippen molar-refractivity contribution in [3.8, 4) is 6.07 Å². The molecule has 2 aromatic carbocycles. The number of hydrogen-bond donors (Lipinski definition) is 0. The van der Waals surface area contributed by atoms with Crippen LogP contribution < -0.4 is 0 Å². The summed E-state index contributed by atoms with van der Waals surface area (Å²) >= 11 is 5.97. The normalized spacial score (nSPS) is 19.8. The second-order valence-electron chi connectivity index (χ2n) is 6.11. The van der Waals surface area contributed by atoms with Crippen molar-refractivity contribution in [3.05, 3.63) is 76.2 Å². The Balaban J connectivity index is 1.71. The molecule has 1 aliphatic carbocycles. The second kappa shape index (κ2) is 6.55. The van der Waals surface area contributed by atoms with E-state index < -0.39 is 0 Å². The number of benzene rings is 2. The fourth-order valence-electron chi connectivity index (χ4n) is 3.41. The van der Waals surface area contributed by atoms with Gasteiger partial charge in [-0.25, -0.2) is 0 Å². The van der Waals surface area contributed by atoms with Gasteiger partial charge in [0.05, 0.1) is 11.6 Å². The minimum absolute atomic E-state index is 0.422. The standard InChI is InChI=1S/C20H19ClN/c1-14(17-4-2-3-15(11-17)13-22)18-5-6-19(12-18)16-7-9-20(21)10-8-16/h2-4,7-11,14,19H,5-6,12H2,1H3. The van der Waals surface area contributed by atoms with Gasteiger partial charge < -0.3 is 0 Å². The molecule has 111 valence electrons. The molecule has 0 saturated heterocycles. The molecule has 2 heteroatoms. The van der Waals surface area contributed by atoms with Gasteiger partial charge in [0.15, 0.2) is 0 Å². The van der Waals surface area contributed by atoms with Crippen LogP contribution >= 0.6 is 11.6 Å². The van der Waals surface area contributed by atoms with Gasteiger partial charge in [-0.3, -0.25) is 0 Å². The first kappa shape index (κ1) is 15.1. The maximum atomic E-state index is 9.05. The van der Waals surface area contributed by atoms with Gasteiger partial charge in [-0.2, -0.15) is 5.26 Å². The molecule has 22 heavy (non-hydrogen) atoms. The summed E-state index contributed by atoms with van der Waals surface area (Å²) in [5.74, 6) is 2.62. The minimum Gasteiger partial charge on any atom is -0.192 e. The first-order chi connectivity index (χ1) is 10.7. The van der Waals surface area contributed by atoms with Gasteiger partial charge in [-0.05, 0) is 72.4 Å². The summed E-state index contributed by atoms with van der Waals surface area (Å²) in [6.45, 7) is 2.26. The molecule has 2 aromatic rings. The van der Waals surface area contributed by atoms with Crippen molar-refractivity contribution in [2.75, 3.05) is 0 Å². The van der Waals surface area contributed by atoms with Gasteiger partial charge in [0.1, 0.15) is 0 Å². The SMILES string of the molecule is CC([C]1CCC(c2ccc(Cl)cc2)C1)c1cccc(C#N)c1. The number of hydrogen-bond acceptors (Lipinski definition) is 1. The molecule has 0 spiro atoms. The third-order valence-corrected chi connectivity index (χ3v) is 5.04. The monoisotopic (exact) mass is 308 g/mol. The van der Waals surface area contributed by atoms with Crippen molar-refractivity contribution < 1.29 is 0 Å². The highest BCUT2D eigenvalue weighted by Gasteiger charge is 2.30. The highest BCUT2D eigenvalue weighted by molar-refractivity contribution is 6.30. The Bertz CT molecular complexity index is 684. The summed E-state index contributed by atoms with van der Waals surface area (Å²) in [5, 5.41) is 9.85. The zero-order valence-corrected chi connectivity index (χ0v) is 13.5. The Morgan fingerprint density at radius 1 is 1.18 bits per heavy atom. The van der Waals surface area contributed by atoms with Crippen molar-refractivity contribution in [1.29, 1.82) is 5.26 Å². The van der Waals surface area contributed by atoms with Crippen LogP contribution in [0.15, 0.2) is 48.5 Å². The van der Waals surface area contributed by atoms with E-state index >= 15 is 0 Å². The topological polar surface area (TPSA) is 23.8 Å². The zero-order chi connectivity index (χ0) is 15.5. The van der Waals surface area contributed by atoms with Crippen molar-refractivity contribution >= 4 is 11.6 Å². The van der Waals surface area contributed by atoms with Gasteiger partial charge in [-0.1, -0.05) is 42.8 Å². The number of nitrogens with zero attached hydrogens (tertiary/aromatic N) is 1. The summed E-state index contributed by atoms with van der Waals surface area (Å²) in [5.41, 5.74) is 3.39. The predicted molar refractivity (Wildman–Crippen MR) is 90.9 cm³/mol. The van der Waals surface area contributed by atoms with Crippen LogP contribution in [0.25, 0.3) is 0 Å². The number of nitriles is 1. The molecular formula is C20H19ClN. The smallest absolute Gasteiger partial charge is 0.0991 e. The summed E-state index contributed by atoms with van der Waals surface area (Å²) in [6.07, 6.45) is 3.52. The van der Waals surface area contributed by atoms with Crippen LogP contribution in [0.4, 0.5) is 0 Å². The molecule has 0 amide bonds. The van der Waals surface area contributed by atoms with Crippen LogP contribution in [-0.2, 0) is 0 Å². The lowest BCUT2D eigenvalue weighted by molar-refractivity contribution is 0.685. The molecule has 1 aliphatic rings. The fraction of sp³-hybridized carbons (Fsp3) is 0.300. The molecule has 0 heterocycles. The van der Waals surface area contributed by atoms with Crippen molar-refractivity contribution in [1.82, 2.24) is 0 Å². The molecule has 1 fully saturated rings. The minimum atomic E-state index is 0.422. The van der Waals surface area contributed by atoms with Crippen LogP contribution in [-0.4, -0.2) is 0 Å². The van der Waals surface area contributed by atoms with Gasteiger partial charge in [0.25, 0.3) is 0 Å². The molecule has 0 bridgehead atoms. The van der Waals surface area contributed by atoms with Crippen LogP contribution in [0.5, 0.6) is 0 Å². The first-order valence-electron chi connectivity index (χ1n) is 7.77. The molecule has 0 aromatic heterocycles. The maximum Gasteiger partial charge on any atom is 0.0991 e. The van der Waals surface area contributed by atoms with Gasteiger partial charge in [0.2, 0.25) is 0 Å². The van der Waals surface area contributed by atoms with Gasteiger partial charge in [0, 0.05) is 5.02 Å². The van der Waals surface area contributed by atoms with E-state index in [9.17, 15) is 0 Å². The van der Waals surface area contributed by atoms with Gasteiger partial charge in [-0.15, -0.1) is 0 Å². The lowest BCUT2D eigenvalue weighted by Gasteiger charge is -2.20. The molecule has 1 saturated carbocycles. The van der Waals surface area contributed by atoms with Crippen LogP contribution in [0.3, 0.4) is 0 Å². The van der Waals surface area contributed by atoms with E-state index in [-0.39, 0.29) is 0 Å². The van der Waals surface area contributed by atoms with Crippen molar-refractivity contribution in [2.45, 2.75) is 38.0 Å². The van der Waals surface area contributed by atoms with Gasteiger partial charge >= 0.3 is 0 Å². The van der Waals surface area contributed by atoms with Crippen molar-refractivity contribution in [3.63, 3.8) is 0 Å². The Morgan fingerprint density at radius 2 is 1.95 bits per heavy atom. The Hall–Kier alpha value is -1.78. The highest BCUT2D eigenvalue weighted by atomic mass is 35.5. The quantitative estimate of drug-likeness (QED) is 0.697. The largest absolute Gasteiger partial charge is 0.192 e. The summed E-state index contributed by atoms with van der Waals surface area (Å²) in [7, 11) is 0. The van der Waals surface area contributed by atoms with E-state index in [2.05, 4.69) is 31.2 Å². The Morgan fingerprint density at radius 3 is 2.68 bits per heavy atom. The van der Waals surface area contributed by atoms with E-state index in [1.165, 1.54) is 24.0 Å². The zero-order valence-electron chi connectivity index (χ0n) is 12.7. The van der Waals surface area contributed by atoms with E-state index in [0.717, 1.165) is 17.0 Å². The average Bonchev–Trinajstić information content (AvgIpc) is 3.05. The molecule has 0 N–H and O–H groups in total. The summed E-state index contributed by atoms with van der Waals surface area (Å²) in [6, 6.07) is 18.5. The lowest BCUT2D eigenvalue weighted by atomic mass is 9.84. The number of rotatable bonds is 3. The maximum absolute atomic E-state index is 9.05. The molecule has 2 unspecified atom stereocenters. The second-order valence-corrected chi connectivity index (χ2v) is 6.54. The van der Waals surface area contributed by atoms with E-state index in [0.29, 0.717) is 11.8 Å². The third kappa shape index (κ3) is 3.18. The van der Waals surface area contributed by atoms with Crippen molar-refractivity contribution in [2.24, 2.45) is 0 Å². The average molecular weight is 309 g/mol. The van der Waals surface area contributed by atoms with E-state index in [1.807, 2.05) is 30.3 Å². The van der Waals surface area contributed by atoms with Crippen LogP contribution in [0, 0.1) is 17.2 Å². The molecule has 2 atom stereocenters. The molecule has 1 nitrogen and oxygen atoms in total. The van der Waals surface area contributed by atoms with E-state index in [4.69, 9.17) is 16.9 Å². The molecular weight excluding hydrogens is 290 g/mol. The lowest BCUT2D eigenvalue weighted by Crippen LogP contribution is -2.05. The Labute approximate surface area is 137 Å². The molecule has 1 radical (unpaired) electrons. The van der Waals surface area contributed by atoms with Crippen LogP contribution in [0.1, 0.15) is 54.7 Å². The summed E-state index contributed by atoms with van der Waals surface area (Å²) < 4.78 is 0. The van der Waals surface area contributed by atoms with E-state index in [1.54, 1.807) is 5.92 Å². The first-order valence-corrected chi connectivity index (χ1v) is 8.15. The Kier molecular flexibility index (Phi) is 4.50. The predicted octanol–water partition coefficient (Wildman–Crippen LogP) is 5.86.